The van der Waals surface area contributed by atoms with E-state index in [2.05, 4.69) is 22.5 Å². The number of hydrogen-bond donors (Lipinski definition) is 4. The molecule has 1 aliphatic heterocycles. The highest BCUT2D eigenvalue weighted by molar-refractivity contribution is 7.89. The number of rotatable bonds is 11. The van der Waals surface area contributed by atoms with Gasteiger partial charge in [0.05, 0.1) is 41.5 Å². The van der Waals surface area contributed by atoms with E-state index < -0.39 is 47.0 Å². The van der Waals surface area contributed by atoms with E-state index in [1.165, 1.54) is 44.4 Å². The first-order valence-electron chi connectivity index (χ1n) is 14.2. The number of piperidine rings is 1. The quantitative estimate of drug-likeness (QED) is 0.137. The van der Waals surface area contributed by atoms with Crippen LogP contribution in [-0.4, -0.2) is 93.4 Å². The SMILES string of the molecule is COc1cc(S(N)(=O)=O)ccc1NCC#Cc1cc2c(N[C@H]3CCN(C[C@@H](O)COC(C)=O)C[C@H]3F)cccc2n1CC(F)(F)F. The van der Waals surface area contributed by atoms with Crippen LogP contribution in [0.25, 0.3) is 10.9 Å². The zero-order valence-corrected chi connectivity index (χ0v) is 25.9. The second-order valence-corrected chi connectivity index (χ2v) is 12.4. The Hall–Kier alpha value is -4.04. The highest BCUT2D eigenvalue weighted by Gasteiger charge is 2.32. The largest absolute Gasteiger partial charge is 0.495 e. The first-order valence-corrected chi connectivity index (χ1v) is 15.8. The van der Waals surface area contributed by atoms with Gasteiger partial charge in [0.1, 0.15) is 31.2 Å². The second kappa shape index (κ2) is 14.6. The Labute approximate surface area is 263 Å². The maximum absolute atomic E-state index is 15.2. The molecule has 46 heavy (non-hydrogen) atoms. The molecule has 0 amide bonds. The number of halogens is 4. The van der Waals surface area contributed by atoms with Crippen LogP contribution in [0.15, 0.2) is 47.4 Å². The summed E-state index contributed by atoms with van der Waals surface area (Å²) in [5.41, 5.74) is 1.21. The van der Waals surface area contributed by atoms with Gasteiger partial charge in [0.2, 0.25) is 10.0 Å². The summed E-state index contributed by atoms with van der Waals surface area (Å²) in [5.74, 6) is 5.24. The fourth-order valence-corrected chi connectivity index (χ4v) is 5.72. The van der Waals surface area contributed by atoms with E-state index in [1.807, 2.05) is 0 Å². The molecule has 0 saturated carbocycles. The lowest BCUT2D eigenvalue weighted by atomic mass is 10.0. The summed E-state index contributed by atoms with van der Waals surface area (Å²) in [6, 6.07) is 9.63. The van der Waals surface area contributed by atoms with Crippen molar-refractivity contribution in [3.8, 4) is 17.6 Å². The maximum atomic E-state index is 15.2. The van der Waals surface area contributed by atoms with Gasteiger partial charge in [0, 0.05) is 43.7 Å². The maximum Gasteiger partial charge on any atom is 0.406 e. The third-order valence-corrected chi connectivity index (χ3v) is 8.19. The molecule has 0 radical (unpaired) electrons. The summed E-state index contributed by atoms with van der Waals surface area (Å²) < 4.78 is 90.4. The molecular formula is C30H35F4N5O6S. The molecular weight excluding hydrogens is 634 g/mol. The lowest BCUT2D eigenvalue weighted by Gasteiger charge is -2.36. The van der Waals surface area contributed by atoms with Crippen molar-refractivity contribution < 1.29 is 45.4 Å². The number of nitrogens with two attached hydrogens (primary N) is 1. The number of carbonyl (C=O) groups is 1. The van der Waals surface area contributed by atoms with Crippen molar-refractivity contribution in [1.82, 2.24) is 9.47 Å². The number of likely N-dealkylation sites (tertiary alicyclic amines) is 1. The number of fused-ring (bicyclic) bond motifs is 1. The summed E-state index contributed by atoms with van der Waals surface area (Å²) in [5, 5.41) is 21.8. The third kappa shape index (κ3) is 9.25. The van der Waals surface area contributed by atoms with Gasteiger partial charge in [-0.3, -0.25) is 9.69 Å². The van der Waals surface area contributed by atoms with Crippen molar-refractivity contribution in [1.29, 1.82) is 0 Å². The smallest absolute Gasteiger partial charge is 0.406 e. The van der Waals surface area contributed by atoms with Gasteiger partial charge in [0.25, 0.3) is 0 Å². The summed E-state index contributed by atoms with van der Waals surface area (Å²) in [4.78, 5) is 12.5. The number of anilines is 2. The number of methoxy groups -OCH3 is 1. The van der Waals surface area contributed by atoms with E-state index in [0.717, 1.165) is 4.57 Å². The van der Waals surface area contributed by atoms with Crippen LogP contribution in [0.4, 0.5) is 28.9 Å². The van der Waals surface area contributed by atoms with Gasteiger partial charge in [-0.2, -0.15) is 13.2 Å². The molecule has 3 atom stereocenters. The molecule has 1 saturated heterocycles. The number of aromatic nitrogens is 1. The number of β-amino-alcohol motifs (C(OH)–C–C–N with tert-alkyl or cyclic N) is 1. The molecule has 5 N–H and O–H groups in total. The van der Waals surface area contributed by atoms with Crippen molar-refractivity contribution in [2.75, 3.05) is 50.5 Å². The van der Waals surface area contributed by atoms with Crippen molar-refractivity contribution in [2.45, 2.75) is 49.3 Å². The number of esters is 1. The minimum Gasteiger partial charge on any atom is -0.495 e. The number of carbonyl (C=O) groups excluding carboxylic acids is 1. The van der Waals surface area contributed by atoms with E-state index in [-0.39, 0.29) is 48.1 Å². The lowest BCUT2D eigenvalue weighted by Crippen LogP contribution is -2.50. The zero-order valence-electron chi connectivity index (χ0n) is 25.1. The Morgan fingerprint density at radius 3 is 2.63 bits per heavy atom. The highest BCUT2D eigenvalue weighted by Crippen LogP contribution is 2.32. The second-order valence-electron chi connectivity index (χ2n) is 10.8. The van der Waals surface area contributed by atoms with Crippen molar-refractivity contribution in [3.63, 3.8) is 0 Å². The van der Waals surface area contributed by atoms with E-state index >= 15 is 4.39 Å². The topological polar surface area (TPSA) is 148 Å². The Balaban J connectivity index is 1.51. The summed E-state index contributed by atoms with van der Waals surface area (Å²) >= 11 is 0. The monoisotopic (exact) mass is 669 g/mol. The van der Waals surface area contributed by atoms with Gasteiger partial charge >= 0.3 is 12.1 Å². The number of alkyl halides is 4. The summed E-state index contributed by atoms with van der Waals surface area (Å²) in [6.45, 7) is 0.319. The predicted octanol–water partition coefficient (Wildman–Crippen LogP) is 3.07. The molecule has 0 unspecified atom stereocenters. The molecule has 4 rings (SSSR count). The highest BCUT2D eigenvalue weighted by atomic mass is 32.2. The molecule has 1 aliphatic rings. The van der Waals surface area contributed by atoms with Crippen molar-refractivity contribution in [3.05, 3.63) is 48.2 Å². The van der Waals surface area contributed by atoms with E-state index in [4.69, 9.17) is 14.6 Å². The zero-order chi connectivity index (χ0) is 33.6. The number of primary sulfonamides is 1. The molecule has 16 heteroatoms. The molecule has 1 fully saturated rings. The Bertz CT molecular complexity index is 1720. The standard InChI is InChI=1S/C30H35F4N5O6S/c1-19(40)45-17-21(41)15-38-12-10-26(24(31)16-38)37-25-6-3-7-28-23(25)13-20(39(28)18-30(32,33)34)5-4-11-36-27-9-8-22(46(35,42)43)14-29(27)44-2/h3,6-9,13-14,21,24,26,36-37,41H,10-12,15-18H2,1-2H3,(H2,35,42,43)/t21-,24-,26+/m1/s1. The molecule has 3 aromatic rings. The molecule has 0 aliphatic carbocycles. The minimum absolute atomic E-state index is 0.0125. The number of sulfonamides is 1. The van der Waals surface area contributed by atoms with Crippen LogP contribution in [-0.2, 0) is 26.1 Å². The van der Waals surface area contributed by atoms with Gasteiger partial charge in [-0.15, -0.1) is 0 Å². The first kappa shape index (κ1) is 34.8. The van der Waals surface area contributed by atoms with Gasteiger partial charge in [-0.05, 0) is 42.7 Å². The number of nitrogens with one attached hydrogen (secondary N) is 2. The molecule has 250 valence electrons. The average Bonchev–Trinajstić information content (AvgIpc) is 3.31. The van der Waals surface area contributed by atoms with E-state index in [1.54, 1.807) is 17.0 Å². The van der Waals surface area contributed by atoms with Gasteiger partial charge in [-0.25, -0.2) is 17.9 Å². The van der Waals surface area contributed by atoms with Crippen LogP contribution in [0.2, 0.25) is 0 Å². The fourth-order valence-electron chi connectivity index (χ4n) is 5.19. The Kier molecular flexibility index (Phi) is 11.0. The first-order chi connectivity index (χ1) is 21.6. The van der Waals surface area contributed by atoms with E-state index in [0.29, 0.717) is 29.7 Å². The lowest BCUT2D eigenvalue weighted by molar-refractivity contribution is -0.144. The number of hydrogen-bond acceptors (Lipinski definition) is 9. The number of ether oxygens (including phenoxy) is 2. The van der Waals surface area contributed by atoms with Gasteiger partial charge < -0.3 is 29.8 Å². The third-order valence-electron chi connectivity index (χ3n) is 7.28. The van der Waals surface area contributed by atoms with Crippen LogP contribution in [0.1, 0.15) is 19.0 Å². The average molecular weight is 670 g/mol. The molecule has 1 aromatic heterocycles. The van der Waals surface area contributed by atoms with Crippen LogP contribution < -0.4 is 20.5 Å². The van der Waals surface area contributed by atoms with Crippen LogP contribution in [0, 0.1) is 11.8 Å². The minimum atomic E-state index is -4.54. The predicted molar refractivity (Wildman–Crippen MR) is 164 cm³/mol. The molecule has 0 bridgehead atoms. The number of aliphatic hydroxyl groups is 1. The number of aliphatic hydroxyl groups excluding tert-OH is 1. The van der Waals surface area contributed by atoms with Crippen LogP contribution in [0.3, 0.4) is 0 Å². The molecule has 11 nitrogen and oxygen atoms in total. The Morgan fingerprint density at radius 1 is 1.22 bits per heavy atom. The van der Waals surface area contributed by atoms with Crippen molar-refractivity contribution >= 4 is 38.3 Å². The summed E-state index contributed by atoms with van der Waals surface area (Å²) in [7, 11) is -2.61. The number of nitrogens with zero attached hydrogens (tertiary/aromatic N) is 2. The summed E-state index contributed by atoms with van der Waals surface area (Å²) in [6.07, 6.45) is -6.49. The van der Waals surface area contributed by atoms with Crippen LogP contribution >= 0.6 is 0 Å². The number of benzene rings is 2. The van der Waals surface area contributed by atoms with Gasteiger partial charge in [0.15, 0.2) is 0 Å². The Morgan fingerprint density at radius 2 is 1.98 bits per heavy atom. The van der Waals surface area contributed by atoms with E-state index in [9.17, 15) is 31.5 Å². The van der Waals surface area contributed by atoms with Crippen LogP contribution in [0.5, 0.6) is 5.75 Å². The molecule has 0 spiro atoms. The fraction of sp³-hybridized carbons (Fsp3) is 0.433. The molecule has 2 heterocycles. The normalized spacial score (nSPS) is 18.0. The van der Waals surface area contributed by atoms with Gasteiger partial charge in [-0.1, -0.05) is 12.0 Å². The molecule has 2 aromatic carbocycles. The van der Waals surface area contributed by atoms with Crippen molar-refractivity contribution in [2.24, 2.45) is 5.14 Å².